The van der Waals surface area contributed by atoms with E-state index in [4.69, 9.17) is 4.74 Å². The Morgan fingerprint density at radius 1 is 1.27 bits per heavy atom. The molecule has 0 bridgehead atoms. The summed E-state index contributed by atoms with van der Waals surface area (Å²) < 4.78 is 5.21. The standard InChI is InChI=1S/C19H25NO6/c1-14(19(22)25-11-2-3-12-26-20(23)24)16-9-7-15(8-10-16)13-17-5-4-6-18(17)21/h7-10,14,17H,2-6,11-13H2,1H3. The number of Topliss-reactive ketones (excluding diaryl/α,β-unsaturated/α-hetero) is 1. The second kappa shape index (κ2) is 9.89. The van der Waals surface area contributed by atoms with Gasteiger partial charge < -0.3 is 9.57 Å². The zero-order chi connectivity index (χ0) is 18.9. The molecule has 142 valence electrons. The SMILES string of the molecule is CC(C(=O)OCCCCO[N+](=O)[O-])c1ccc(CC2CCCC2=O)cc1. The highest BCUT2D eigenvalue weighted by atomic mass is 16.9. The fraction of sp³-hybridized carbons (Fsp3) is 0.579. The van der Waals surface area contributed by atoms with Crippen LogP contribution in [-0.4, -0.2) is 30.1 Å². The van der Waals surface area contributed by atoms with E-state index in [2.05, 4.69) is 4.84 Å². The van der Waals surface area contributed by atoms with E-state index < -0.39 is 5.09 Å². The Balaban J connectivity index is 1.74. The lowest BCUT2D eigenvalue weighted by atomic mass is 9.94. The average molecular weight is 363 g/mol. The summed E-state index contributed by atoms with van der Waals surface area (Å²) in [5.41, 5.74) is 1.98. The predicted molar refractivity (Wildman–Crippen MR) is 94.0 cm³/mol. The van der Waals surface area contributed by atoms with Gasteiger partial charge in [0.25, 0.3) is 5.09 Å². The topological polar surface area (TPSA) is 95.7 Å². The Morgan fingerprint density at radius 2 is 1.96 bits per heavy atom. The molecule has 1 aromatic carbocycles. The van der Waals surface area contributed by atoms with Gasteiger partial charge >= 0.3 is 5.97 Å². The van der Waals surface area contributed by atoms with Gasteiger partial charge in [0.2, 0.25) is 0 Å². The third-order valence-corrected chi connectivity index (χ3v) is 4.73. The molecule has 2 rings (SSSR count). The van der Waals surface area contributed by atoms with E-state index in [9.17, 15) is 19.7 Å². The molecule has 1 saturated carbocycles. The van der Waals surface area contributed by atoms with Crippen LogP contribution < -0.4 is 0 Å². The Labute approximate surface area is 152 Å². The van der Waals surface area contributed by atoms with E-state index in [1.807, 2.05) is 24.3 Å². The van der Waals surface area contributed by atoms with Gasteiger partial charge in [0, 0.05) is 12.3 Å². The van der Waals surface area contributed by atoms with E-state index in [0.717, 1.165) is 30.4 Å². The van der Waals surface area contributed by atoms with Crippen molar-refractivity contribution in [1.29, 1.82) is 0 Å². The number of nitrogens with zero attached hydrogens (tertiary/aromatic N) is 1. The van der Waals surface area contributed by atoms with E-state index in [0.29, 0.717) is 25.0 Å². The summed E-state index contributed by atoms with van der Waals surface area (Å²) in [6.45, 7) is 2.00. The summed E-state index contributed by atoms with van der Waals surface area (Å²) in [6, 6.07) is 7.76. The maximum atomic E-state index is 12.1. The molecule has 2 atom stereocenters. The second-order valence-corrected chi connectivity index (χ2v) is 6.65. The Hall–Kier alpha value is -2.44. The van der Waals surface area contributed by atoms with Gasteiger partial charge in [-0.15, -0.1) is 10.1 Å². The molecule has 0 N–H and O–H groups in total. The minimum Gasteiger partial charge on any atom is -0.465 e. The molecule has 0 aliphatic heterocycles. The normalized spacial score (nSPS) is 17.7. The number of ether oxygens (including phenoxy) is 1. The quantitative estimate of drug-likeness (QED) is 0.274. The molecule has 0 heterocycles. The summed E-state index contributed by atoms with van der Waals surface area (Å²) in [7, 11) is 0. The largest absolute Gasteiger partial charge is 0.465 e. The molecule has 0 amide bonds. The van der Waals surface area contributed by atoms with Crippen molar-refractivity contribution in [3.8, 4) is 0 Å². The summed E-state index contributed by atoms with van der Waals surface area (Å²) in [6.07, 6.45) is 4.39. The molecule has 26 heavy (non-hydrogen) atoms. The first-order chi connectivity index (χ1) is 12.5. The van der Waals surface area contributed by atoms with E-state index in [1.54, 1.807) is 6.92 Å². The van der Waals surface area contributed by atoms with Crippen LogP contribution >= 0.6 is 0 Å². The number of unbranched alkanes of at least 4 members (excludes halogenated alkanes) is 1. The predicted octanol–water partition coefficient (Wildman–Crippen LogP) is 3.23. The maximum absolute atomic E-state index is 12.1. The monoisotopic (exact) mass is 363 g/mol. The number of hydrogen-bond acceptors (Lipinski definition) is 6. The number of hydrogen-bond donors (Lipinski definition) is 0. The number of esters is 1. The highest BCUT2D eigenvalue weighted by Crippen LogP contribution is 2.26. The van der Waals surface area contributed by atoms with Crippen LogP contribution in [0.3, 0.4) is 0 Å². The highest BCUT2D eigenvalue weighted by molar-refractivity contribution is 5.83. The second-order valence-electron chi connectivity index (χ2n) is 6.65. The summed E-state index contributed by atoms with van der Waals surface area (Å²) in [4.78, 5) is 38.0. The molecular weight excluding hydrogens is 338 g/mol. The molecule has 0 radical (unpaired) electrons. The first-order valence-electron chi connectivity index (χ1n) is 9.03. The lowest BCUT2D eigenvalue weighted by Gasteiger charge is -2.13. The number of carbonyl (C=O) groups excluding carboxylic acids is 2. The minimum atomic E-state index is -0.833. The summed E-state index contributed by atoms with van der Waals surface area (Å²) in [5, 5.41) is 9.17. The minimum absolute atomic E-state index is 0.00502. The van der Waals surface area contributed by atoms with E-state index in [1.165, 1.54) is 0 Å². The van der Waals surface area contributed by atoms with Gasteiger partial charge in [-0.1, -0.05) is 24.3 Å². The molecule has 1 aliphatic carbocycles. The third-order valence-electron chi connectivity index (χ3n) is 4.73. The molecule has 7 nitrogen and oxygen atoms in total. The fourth-order valence-corrected chi connectivity index (χ4v) is 3.11. The lowest BCUT2D eigenvalue weighted by molar-refractivity contribution is -0.757. The molecule has 1 fully saturated rings. The van der Waals surface area contributed by atoms with Crippen LogP contribution in [0.4, 0.5) is 0 Å². The summed E-state index contributed by atoms with van der Waals surface area (Å²) in [5.74, 6) is -0.205. The first-order valence-corrected chi connectivity index (χ1v) is 9.03. The van der Waals surface area contributed by atoms with E-state index in [-0.39, 0.29) is 31.0 Å². The van der Waals surface area contributed by atoms with Gasteiger partial charge in [-0.25, -0.2) is 0 Å². The Morgan fingerprint density at radius 3 is 2.58 bits per heavy atom. The summed E-state index contributed by atoms with van der Waals surface area (Å²) >= 11 is 0. The smallest absolute Gasteiger partial charge is 0.313 e. The van der Waals surface area contributed by atoms with Crippen molar-refractivity contribution >= 4 is 11.8 Å². The molecule has 1 aliphatic rings. The zero-order valence-electron chi connectivity index (χ0n) is 15.0. The number of rotatable bonds is 10. The molecule has 0 saturated heterocycles. The maximum Gasteiger partial charge on any atom is 0.313 e. The first kappa shape index (κ1) is 19.9. The van der Waals surface area contributed by atoms with Gasteiger partial charge in [-0.05, 0) is 50.2 Å². The molecule has 0 spiro atoms. The molecule has 7 heteroatoms. The van der Waals surface area contributed by atoms with Crippen LogP contribution in [0.1, 0.15) is 56.1 Å². The van der Waals surface area contributed by atoms with Crippen LogP contribution in [0.25, 0.3) is 0 Å². The third kappa shape index (κ3) is 6.13. The van der Waals surface area contributed by atoms with Crippen molar-refractivity contribution in [2.24, 2.45) is 5.92 Å². The van der Waals surface area contributed by atoms with Crippen molar-refractivity contribution in [2.75, 3.05) is 13.2 Å². The van der Waals surface area contributed by atoms with Gasteiger partial charge in [-0.3, -0.25) is 9.59 Å². The molecule has 0 aromatic heterocycles. The van der Waals surface area contributed by atoms with E-state index >= 15 is 0 Å². The highest BCUT2D eigenvalue weighted by Gasteiger charge is 2.24. The van der Waals surface area contributed by atoms with Crippen molar-refractivity contribution < 1.29 is 24.3 Å². The molecular formula is C19H25NO6. The van der Waals surface area contributed by atoms with Crippen molar-refractivity contribution in [3.63, 3.8) is 0 Å². The van der Waals surface area contributed by atoms with Crippen LogP contribution in [0.15, 0.2) is 24.3 Å². The van der Waals surface area contributed by atoms with Crippen LogP contribution in [0.5, 0.6) is 0 Å². The van der Waals surface area contributed by atoms with Gasteiger partial charge in [0.15, 0.2) is 0 Å². The van der Waals surface area contributed by atoms with Crippen molar-refractivity contribution in [1.82, 2.24) is 0 Å². The van der Waals surface area contributed by atoms with Crippen LogP contribution in [0, 0.1) is 16.0 Å². The Kier molecular flexibility index (Phi) is 7.56. The number of ketones is 1. The lowest BCUT2D eigenvalue weighted by Crippen LogP contribution is -2.14. The van der Waals surface area contributed by atoms with Gasteiger partial charge in [-0.2, -0.15) is 0 Å². The molecule has 1 aromatic rings. The van der Waals surface area contributed by atoms with Crippen molar-refractivity contribution in [2.45, 2.75) is 51.4 Å². The fourth-order valence-electron chi connectivity index (χ4n) is 3.11. The number of carbonyl (C=O) groups is 2. The number of benzene rings is 1. The molecule has 2 unspecified atom stereocenters. The average Bonchev–Trinajstić information content (AvgIpc) is 3.02. The van der Waals surface area contributed by atoms with Gasteiger partial charge in [0.05, 0.1) is 19.1 Å². The Bertz CT molecular complexity index is 627. The van der Waals surface area contributed by atoms with Crippen molar-refractivity contribution in [3.05, 3.63) is 45.5 Å². The van der Waals surface area contributed by atoms with Crippen LogP contribution in [0.2, 0.25) is 0 Å². The zero-order valence-corrected chi connectivity index (χ0v) is 15.0. The van der Waals surface area contributed by atoms with Gasteiger partial charge in [0.1, 0.15) is 5.78 Å². The van der Waals surface area contributed by atoms with Crippen LogP contribution in [-0.2, 0) is 25.6 Å².